The third kappa shape index (κ3) is 2.93. The number of carbonyl (C=O) groups is 1. The molecule has 1 aromatic heterocycles. The highest BCUT2D eigenvalue weighted by molar-refractivity contribution is 6.20. The van der Waals surface area contributed by atoms with Crippen molar-refractivity contribution in [3.63, 3.8) is 0 Å². The maximum absolute atomic E-state index is 13.8. The number of nitrogens with zero attached hydrogens (tertiary/aromatic N) is 2. The number of rotatable bonds is 4. The molecule has 2 aromatic rings. The third-order valence-electron chi connectivity index (χ3n) is 2.87. The number of nitrogens with one attached hydrogen (secondary N) is 1. The fraction of sp³-hybridized carbons (Fsp3) is 0.429. The van der Waals surface area contributed by atoms with E-state index in [1.165, 1.54) is 6.07 Å². The fourth-order valence-electron chi connectivity index (χ4n) is 2.11. The minimum atomic E-state index is -0.413. The number of alkyl halides is 1. The van der Waals surface area contributed by atoms with Gasteiger partial charge in [-0.05, 0) is 32.9 Å². The normalized spacial score (nSPS) is 12.9. The van der Waals surface area contributed by atoms with Gasteiger partial charge in [-0.1, -0.05) is 6.07 Å². The fourth-order valence-corrected chi connectivity index (χ4v) is 2.28. The van der Waals surface area contributed by atoms with E-state index >= 15 is 0 Å². The number of benzene rings is 1. The van der Waals surface area contributed by atoms with E-state index in [9.17, 15) is 9.18 Å². The van der Waals surface area contributed by atoms with Crippen molar-refractivity contribution < 1.29 is 9.18 Å². The van der Waals surface area contributed by atoms with Crippen LogP contribution in [0, 0.1) is 5.82 Å². The quantitative estimate of drug-likeness (QED) is 0.882. The van der Waals surface area contributed by atoms with Crippen molar-refractivity contribution in [3.8, 4) is 0 Å². The molecule has 0 bridgehead atoms. The highest BCUT2D eigenvalue weighted by atomic mass is 35.5. The van der Waals surface area contributed by atoms with Gasteiger partial charge in [-0.15, -0.1) is 11.6 Å². The van der Waals surface area contributed by atoms with Crippen LogP contribution in [0.2, 0.25) is 0 Å². The lowest BCUT2D eigenvalue weighted by atomic mass is 10.3. The second kappa shape index (κ2) is 5.79. The molecule has 1 heterocycles. The maximum Gasteiger partial charge on any atom is 0.240 e. The van der Waals surface area contributed by atoms with E-state index in [-0.39, 0.29) is 24.0 Å². The number of amides is 1. The summed E-state index contributed by atoms with van der Waals surface area (Å²) in [6, 6.07) is 4.72. The van der Waals surface area contributed by atoms with E-state index in [2.05, 4.69) is 10.3 Å². The SMILES string of the molecule is CC(C)NC(=O)Cn1c(C(C)Cl)nc2c(F)cccc21. The Morgan fingerprint density at radius 1 is 1.45 bits per heavy atom. The van der Waals surface area contributed by atoms with Crippen molar-refractivity contribution in [1.82, 2.24) is 14.9 Å². The molecule has 0 spiro atoms. The number of halogens is 2. The van der Waals surface area contributed by atoms with Crippen LogP contribution in [-0.4, -0.2) is 21.5 Å². The molecule has 20 heavy (non-hydrogen) atoms. The summed E-state index contributed by atoms with van der Waals surface area (Å²) in [5, 5.41) is 2.39. The molecule has 4 nitrogen and oxygen atoms in total. The molecule has 0 radical (unpaired) electrons. The van der Waals surface area contributed by atoms with Crippen molar-refractivity contribution in [2.24, 2.45) is 0 Å². The minimum absolute atomic E-state index is 0.0471. The lowest BCUT2D eigenvalue weighted by Gasteiger charge is -2.12. The van der Waals surface area contributed by atoms with Gasteiger partial charge in [-0.2, -0.15) is 0 Å². The van der Waals surface area contributed by atoms with Gasteiger partial charge in [0.15, 0.2) is 5.82 Å². The van der Waals surface area contributed by atoms with Crippen molar-refractivity contribution in [3.05, 3.63) is 29.8 Å². The van der Waals surface area contributed by atoms with Gasteiger partial charge in [0.25, 0.3) is 0 Å². The zero-order valence-corrected chi connectivity index (χ0v) is 12.4. The molecule has 1 atom stereocenters. The summed E-state index contributed by atoms with van der Waals surface area (Å²) in [6.07, 6.45) is 0. The lowest BCUT2D eigenvalue weighted by Crippen LogP contribution is -2.33. The van der Waals surface area contributed by atoms with Gasteiger partial charge in [0, 0.05) is 6.04 Å². The Balaban J connectivity index is 2.47. The molecule has 0 aliphatic carbocycles. The van der Waals surface area contributed by atoms with E-state index in [0.29, 0.717) is 11.3 Å². The second-order valence-electron chi connectivity index (χ2n) is 5.00. The average molecular weight is 298 g/mol. The predicted molar refractivity (Wildman–Crippen MR) is 77.2 cm³/mol. The van der Waals surface area contributed by atoms with E-state index in [0.717, 1.165) is 0 Å². The summed E-state index contributed by atoms with van der Waals surface area (Å²) in [7, 11) is 0. The van der Waals surface area contributed by atoms with E-state index in [4.69, 9.17) is 11.6 Å². The number of carbonyl (C=O) groups excluding carboxylic acids is 1. The smallest absolute Gasteiger partial charge is 0.240 e. The Hall–Kier alpha value is -1.62. The molecule has 0 saturated carbocycles. The van der Waals surface area contributed by atoms with Gasteiger partial charge in [0.2, 0.25) is 5.91 Å². The molecule has 6 heteroatoms. The molecule has 0 saturated heterocycles. The van der Waals surface area contributed by atoms with Gasteiger partial charge in [0.1, 0.15) is 17.9 Å². The first-order chi connectivity index (χ1) is 9.40. The van der Waals surface area contributed by atoms with Gasteiger partial charge >= 0.3 is 0 Å². The third-order valence-corrected chi connectivity index (χ3v) is 3.06. The number of para-hydroxylation sites is 1. The van der Waals surface area contributed by atoms with Crippen LogP contribution in [0.3, 0.4) is 0 Å². The number of fused-ring (bicyclic) bond motifs is 1. The van der Waals surface area contributed by atoms with Crippen molar-refractivity contribution >= 4 is 28.5 Å². The number of aromatic nitrogens is 2. The Morgan fingerprint density at radius 3 is 2.75 bits per heavy atom. The minimum Gasteiger partial charge on any atom is -0.352 e. The van der Waals surface area contributed by atoms with Gasteiger partial charge in [-0.25, -0.2) is 9.37 Å². The summed E-state index contributed by atoms with van der Waals surface area (Å²) in [5.74, 6) is -0.0723. The second-order valence-corrected chi connectivity index (χ2v) is 5.66. The molecule has 0 aliphatic rings. The van der Waals surface area contributed by atoms with Crippen LogP contribution < -0.4 is 5.32 Å². The topological polar surface area (TPSA) is 46.9 Å². The largest absolute Gasteiger partial charge is 0.352 e. The number of hydrogen-bond acceptors (Lipinski definition) is 2. The van der Waals surface area contributed by atoms with Gasteiger partial charge in [0.05, 0.1) is 10.9 Å². The first-order valence-electron chi connectivity index (χ1n) is 6.48. The van der Waals surface area contributed by atoms with Gasteiger partial charge in [-0.3, -0.25) is 4.79 Å². The zero-order valence-electron chi connectivity index (χ0n) is 11.7. The Morgan fingerprint density at radius 2 is 2.15 bits per heavy atom. The first kappa shape index (κ1) is 14.8. The molecular weight excluding hydrogens is 281 g/mol. The number of imidazole rings is 1. The first-order valence-corrected chi connectivity index (χ1v) is 6.92. The van der Waals surface area contributed by atoms with Crippen molar-refractivity contribution in [2.75, 3.05) is 0 Å². The highest BCUT2D eigenvalue weighted by Crippen LogP contribution is 2.25. The molecular formula is C14H17ClFN3O. The highest BCUT2D eigenvalue weighted by Gasteiger charge is 2.19. The van der Waals surface area contributed by atoms with Gasteiger partial charge < -0.3 is 9.88 Å². The summed E-state index contributed by atoms with van der Waals surface area (Å²) in [5.41, 5.74) is 0.818. The van der Waals surface area contributed by atoms with Crippen LogP contribution in [-0.2, 0) is 11.3 Å². The molecule has 1 amide bonds. The molecule has 108 valence electrons. The number of hydrogen-bond donors (Lipinski definition) is 1. The van der Waals surface area contributed by atoms with Crippen LogP contribution in [0.25, 0.3) is 11.0 Å². The summed E-state index contributed by atoms with van der Waals surface area (Å²) < 4.78 is 15.4. The molecule has 1 unspecified atom stereocenters. The van der Waals surface area contributed by atoms with E-state index in [1.807, 2.05) is 13.8 Å². The van der Waals surface area contributed by atoms with Crippen molar-refractivity contribution in [1.29, 1.82) is 0 Å². The van der Waals surface area contributed by atoms with Crippen LogP contribution in [0.1, 0.15) is 32.0 Å². The van der Waals surface area contributed by atoms with Crippen molar-refractivity contribution in [2.45, 2.75) is 38.7 Å². The van der Waals surface area contributed by atoms with E-state index < -0.39 is 11.2 Å². The molecule has 1 N–H and O–H groups in total. The Kier molecular flexibility index (Phi) is 4.28. The standard InChI is InChI=1S/C14H17ClFN3O/c1-8(2)17-12(20)7-19-11-6-4-5-10(16)13(11)18-14(19)9(3)15/h4-6,8-9H,7H2,1-3H3,(H,17,20). The lowest BCUT2D eigenvalue weighted by molar-refractivity contribution is -0.122. The van der Waals surface area contributed by atoms with Crippen LogP contribution in [0.15, 0.2) is 18.2 Å². The molecule has 0 aliphatic heterocycles. The average Bonchev–Trinajstić information content (AvgIpc) is 2.69. The van der Waals surface area contributed by atoms with Crippen LogP contribution in [0.4, 0.5) is 4.39 Å². The summed E-state index contributed by atoms with van der Waals surface area (Å²) >= 11 is 6.08. The Bertz CT molecular complexity index is 637. The molecule has 1 aromatic carbocycles. The maximum atomic E-state index is 13.8. The van der Waals surface area contributed by atoms with E-state index in [1.54, 1.807) is 23.6 Å². The summed E-state index contributed by atoms with van der Waals surface area (Å²) in [6.45, 7) is 5.59. The van der Waals surface area contributed by atoms with Crippen LogP contribution in [0.5, 0.6) is 0 Å². The molecule has 0 fully saturated rings. The summed E-state index contributed by atoms with van der Waals surface area (Å²) in [4.78, 5) is 16.1. The Labute approximate surface area is 121 Å². The monoisotopic (exact) mass is 297 g/mol. The van der Waals surface area contributed by atoms with Crippen LogP contribution >= 0.6 is 11.6 Å². The predicted octanol–water partition coefficient (Wildman–Crippen LogP) is 3.00. The molecule has 2 rings (SSSR count). The zero-order chi connectivity index (χ0) is 14.9.